The van der Waals surface area contributed by atoms with Gasteiger partial charge in [0.25, 0.3) is 5.88 Å². The van der Waals surface area contributed by atoms with Crippen LogP contribution in [0.5, 0.6) is 5.88 Å². The number of aromatic nitrogens is 2. The van der Waals surface area contributed by atoms with Crippen molar-refractivity contribution in [1.29, 1.82) is 0 Å². The smallest absolute Gasteiger partial charge is 0.372 e. The monoisotopic (exact) mass is 286 g/mol. The van der Waals surface area contributed by atoms with Crippen LogP contribution in [0, 0.1) is 10.1 Å². The van der Waals surface area contributed by atoms with Crippen LogP contribution in [-0.4, -0.2) is 48.9 Å². The van der Waals surface area contributed by atoms with Gasteiger partial charge in [-0.05, 0) is 6.92 Å². The quantitative estimate of drug-likeness (QED) is 0.406. The van der Waals surface area contributed by atoms with E-state index in [0.717, 1.165) is 0 Å². The molecule has 9 heteroatoms. The van der Waals surface area contributed by atoms with Gasteiger partial charge in [0.2, 0.25) is 5.82 Å². The normalized spacial score (nSPS) is 10.3. The summed E-state index contributed by atoms with van der Waals surface area (Å²) >= 11 is 0. The molecular formula is C11H18N4O5. The Kier molecular flexibility index (Phi) is 6.60. The van der Waals surface area contributed by atoms with Gasteiger partial charge in [-0.1, -0.05) is 0 Å². The van der Waals surface area contributed by atoms with Crippen LogP contribution in [0.1, 0.15) is 12.7 Å². The fraction of sp³-hybridized carbons (Fsp3) is 0.636. The molecule has 0 aliphatic rings. The van der Waals surface area contributed by atoms with Crippen molar-refractivity contribution in [2.24, 2.45) is 0 Å². The van der Waals surface area contributed by atoms with Crippen LogP contribution >= 0.6 is 0 Å². The molecule has 0 amide bonds. The lowest BCUT2D eigenvalue weighted by atomic mass is 10.4. The predicted octanol–water partition coefficient (Wildman–Crippen LogP) is 0.988. The third-order valence-corrected chi connectivity index (χ3v) is 2.22. The van der Waals surface area contributed by atoms with E-state index in [1.54, 1.807) is 0 Å². The van der Waals surface area contributed by atoms with Crippen LogP contribution in [0.3, 0.4) is 0 Å². The van der Waals surface area contributed by atoms with Crippen molar-refractivity contribution < 1.29 is 19.1 Å². The van der Waals surface area contributed by atoms with E-state index in [4.69, 9.17) is 14.2 Å². The molecule has 1 rings (SSSR count). The van der Waals surface area contributed by atoms with Crippen molar-refractivity contribution >= 4 is 11.5 Å². The van der Waals surface area contributed by atoms with Gasteiger partial charge >= 0.3 is 5.69 Å². The Bertz CT molecular complexity index is 455. The van der Waals surface area contributed by atoms with Crippen molar-refractivity contribution in [2.45, 2.75) is 13.5 Å². The van der Waals surface area contributed by atoms with Crippen LogP contribution in [0.4, 0.5) is 11.5 Å². The average molecular weight is 286 g/mol. The van der Waals surface area contributed by atoms with Crippen LogP contribution in [-0.2, 0) is 16.1 Å². The first-order valence-electron chi connectivity index (χ1n) is 6.03. The van der Waals surface area contributed by atoms with E-state index >= 15 is 0 Å². The van der Waals surface area contributed by atoms with Crippen molar-refractivity contribution in [1.82, 2.24) is 9.97 Å². The Balaban J connectivity index is 3.15. The lowest BCUT2D eigenvalue weighted by Crippen LogP contribution is -2.13. The first-order chi connectivity index (χ1) is 9.63. The Morgan fingerprint density at radius 3 is 2.55 bits per heavy atom. The Morgan fingerprint density at radius 2 is 2.00 bits per heavy atom. The maximum absolute atomic E-state index is 11.2. The summed E-state index contributed by atoms with van der Waals surface area (Å²) in [4.78, 5) is 18.7. The van der Waals surface area contributed by atoms with Gasteiger partial charge in [-0.2, -0.15) is 4.98 Å². The topological polar surface area (TPSA) is 109 Å². The van der Waals surface area contributed by atoms with Crippen molar-refractivity contribution in [3.05, 3.63) is 15.9 Å². The largest absolute Gasteiger partial charge is 0.470 e. The maximum Gasteiger partial charge on any atom is 0.372 e. The minimum Gasteiger partial charge on any atom is -0.470 e. The highest BCUT2D eigenvalue weighted by molar-refractivity contribution is 5.61. The molecule has 1 aromatic rings. The zero-order valence-corrected chi connectivity index (χ0v) is 11.7. The van der Waals surface area contributed by atoms with Crippen molar-refractivity contribution in [3.63, 3.8) is 0 Å². The Hall–Kier alpha value is -2.00. The van der Waals surface area contributed by atoms with Crippen LogP contribution in [0.15, 0.2) is 0 Å². The number of nitrogens with one attached hydrogen (secondary N) is 1. The molecule has 0 aromatic carbocycles. The molecule has 0 saturated carbocycles. The zero-order valence-electron chi connectivity index (χ0n) is 11.7. The summed E-state index contributed by atoms with van der Waals surface area (Å²) in [5.41, 5.74) is -0.289. The first kappa shape index (κ1) is 16.1. The summed E-state index contributed by atoms with van der Waals surface area (Å²) in [5.74, 6) is 0.332. The summed E-state index contributed by atoms with van der Waals surface area (Å²) in [6.07, 6.45) is 0. The molecular weight excluding hydrogens is 268 g/mol. The number of hydrogen-bond acceptors (Lipinski definition) is 8. The molecule has 0 aliphatic carbocycles. The minimum atomic E-state index is -0.573. The molecule has 1 heterocycles. The van der Waals surface area contributed by atoms with E-state index in [1.807, 2.05) is 6.92 Å². The number of anilines is 1. The fourth-order valence-corrected chi connectivity index (χ4v) is 1.45. The summed E-state index contributed by atoms with van der Waals surface area (Å²) < 4.78 is 15.1. The minimum absolute atomic E-state index is 0.0925. The van der Waals surface area contributed by atoms with Gasteiger partial charge in [-0.3, -0.25) is 10.1 Å². The summed E-state index contributed by atoms with van der Waals surface area (Å²) in [6, 6.07) is 0. The van der Waals surface area contributed by atoms with E-state index in [9.17, 15) is 10.1 Å². The number of nitrogens with zero attached hydrogens (tertiary/aromatic N) is 3. The molecule has 0 aliphatic heterocycles. The average Bonchev–Trinajstić information content (AvgIpc) is 2.39. The second kappa shape index (κ2) is 8.23. The third kappa shape index (κ3) is 4.28. The van der Waals surface area contributed by atoms with Gasteiger partial charge in [0.15, 0.2) is 5.82 Å². The van der Waals surface area contributed by atoms with Gasteiger partial charge in [-0.15, -0.1) is 0 Å². The van der Waals surface area contributed by atoms with Crippen LogP contribution < -0.4 is 10.1 Å². The molecule has 20 heavy (non-hydrogen) atoms. The number of methoxy groups -OCH3 is 2. The van der Waals surface area contributed by atoms with Crippen LogP contribution in [0.2, 0.25) is 0 Å². The molecule has 0 bridgehead atoms. The molecule has 9 nitrogen and oxygen atoms in total. The third-order valence-electron chi connectivity index (χ3n) is 2.22. The summed E-state index contributed by atoms with van der Waals surface area (Å²) in [5, 5.41) is 14.0. The highest BCUT2D eigenvalue weighted by atomic mass is 16.6. The number of rotatable bonds is 9. The molecule has 0 radical (unpaired) electrons. The molecule has 1 aromatic heterocycles. The van der Waals surface area contributed by atoms with E-state index in [0.29, 0.717) is 19.0 Å². The lowest BCUT2D eigenvalue weighted by molar-refractivity contribution is -0.385. The standard InChI is InChI=1S/C11H18N4O5/c1-4-12-10-9(15(16)17)11(20-6-5-18-2)14-8(13-10)7-19-3/h4-7H2,1-3H3,(H,12,13,14). The Morgan fingerprint density at radius 1 is 1.25 bits per heavy atom. The molecule has 0 atom stereocenters. The second-order valence-electron chi connectivity index (χ2n) is 3.70. The number of nitro groups is 1. The number of hydrogen-bond donors (Lipinski definition) is 1. The lowest BCUT2D eigenvalue weighted by Gasteiger charge is -2.10. The van der Waals surface area contributed by atoms with Crippen molar-refractivity contribution in [2.75, 3.05) is 39.3 Å². The molecule has 1 N–H and O–H groups in total. The fourth-order valence-electron chi connectivity index (χ4n) is 1.45. The molecule has 0 spiro atoms. The van der Waals surface area contributed by atoms with E-state index in [-0.39, 0.29) is 30.6 Å². The van der Waals surface area contributed by atoms with E-state index in [1.165, 1.54) is 14.2 Å². The van der Waals surface area contributed by atoms with Gasteiger partial charge in [0.05, 0.1) is 11.5 Å². The van der Waals surface area contributed by atoms with E-state index in [2.05, 4.69) is 15.3 Å². The summed E-state index contributed by atoms with van der Waals surface area (Å²) in [6.45, 7) is 2.90. The van der Waals surface area contributed by atoms with Gasteiger partial charge in [-0.25, -0.2) is 4.98 Å². The van der Waals surface area contributed by atoms with Crippen molar-refractivity contribution in [3.8, 4) is 5.88 Å². The van der Waals surface area contributed by atoms with Gasteiger partial charge in [0, 0.05) is 20.8 Å². The molecule has 0 saturated heterocycles. The Labute approximate surface area is 116 Å². The first-order valence-corrected chi connectivity index (χ1v) is 6.03. The molecule has 0 unspecified atom stereocenters. The second-order valence-corrected chi connectivity index (χ2v) is 3.70. The predicted molar refractivity (Wildman–Crippen MR) is 70.9 cm³/mol. The van der Waals surface area contributed by atoms with Gasteiger partial charge in [0.1, 0.15) is 13.2 Å². The highest BCUT2D eigenvalue weighted by Crippen LogP contribution is 2.31. The maximum atomic E-state index is 11.2. The zero-order chi connectivity index (χ0) is 15.0. The molecule has 112 valence electrons. The molecule has 0 fully saturated rings. The van der Waals surface area contributed by atoms with Gasteiger partial charge < -0.3 is 19.5 Å². The van der Waals surface area contributed by atoms with Crippen LogP contribution in [0.25, 0.3) is 0 Å². The number of ether oxygens (including phenoxy) is 3. The SMILES string of the molecule is CCNc1nc(COC)nc(OCCOC)c1[N+](=O)[O-]. The highest BCUT2D eigenvalue weighted by Gasteiger charge is 2.26. The van der Waals surface area contributed by atoms with E-state index < -0.39 is 4.92 Å². The summed E-state index contributed by atoms with van der Waals surface area (Å²) in [7, 11) is 3.00.